The average Bonchev–Trinajstić information content (AvgIpc) is 2.53. The van der Waals surface area contributed by atoms with Gasteiger partial charge < -0.3 is 14.5 Å². The molecule has 1 amide bonds. The molecule has 2 atom stereocenters. The van der Waals surface area contributed by atoms with Crippen molar-refractivity contribution in [3.63, 3.8) is 0 Å². The minimum absolute atomic E-state index is 0.148. The maximum absolute atomic E-state index is 12.0. The number of rotatable bonds is 0. The van der Waals surface area contributed by atoms with Gasteiger partial charge in [0.1, 0.15) is 5.60 Å². The van der Waals surface area contributed by atoms with E-state index in [9.17, 15) is 4.79 Å². The van der Waals surface area contributed by atoms with Gasteiger partial charge in [-0.25, -0.2) is 4.79 Å². The molecule has 0 N–H and O–H groups in total. The van der Waals surface area contributed by atoms with Crippen molar-refractivity contribution in [1.29, 1.82) is 0 Å². The van der Waals surface area contributed by atoms with Crippen LogP contribution in [0.1, 0.15) is 27.2 Å². The van der Waals surface area contributed by atoms with Crippen LogP contribution in [-0.4, -0.2) is 54.7 Å². The maximum Gasteiger partial charge on any atom is 0.410 e. The van der Waals surface area contributed by atoms with Crippen molar-refractivity contribution in [1.82, 2.24) is 9.80 Å². The predicted molar refractivity (Wildman–Crippen MR) is 66.9 cm³/mol. The molecule has 0 aliphatic carbocycles. The standard InChI is InChI=1S/C13H24N2O2/c1-13(2,3)17-12(16)15-6-5-10-7-14(4)8-11(10)9-15/h10-11H,5-9H2,1-4H3/t10-,11-/m0/s1. The molecule has 0 aromatic rings. The highest BCUT2D eigenvalue weighted by atomic mass is 16.6. The number of nitrogens with zero attached hydrogens (tertiary/aromatic N) is 2. The minimum Gasteiger partial charge on any atom is -0.444 e. The molecule has 4 heteroatoms. The van der Waals surface area contributed by atoms with Crippen LogP contribution in [0.25, 0.3) is 0 Å². The molecule has 0 aromatic carbocycles. The van der Waals surface area contributed by atoms with E-state index in [0.29, 0.717) is 5.92 Å². The smallest absolute Gasteiger partial charge is 0.410 e. The van der Waals surface area contributed by atoms with Crippen LogP contribution >= 0.6 is 0 Å². The van der Waals surface area contributed by atoms with E-state index in [1.54, 1.807) is 0 Å². The minimum atomic E-state index is -0.388. The van der Waals surface area contributed by atoms with Gasteiger partial charge in [-0.2, -0.15) is 0 Å². The normalized spacial score (nSPS) is 30.2. The van der Waals surface area contributed by atoms with Gasteiger partial charge in [-0.15, -0.1) is 0 Å². The quantitative estimate of drug-likeness (QED) is 0.647. The third kappa shape index (κ3) is 3.12. The lowest BCUT2D eigenvalue weighted by Gasteiger charge is -2.35. The lowest BCUT2D eigenvalue weighted by Crippen LogP contribution is -2.45. The number of carbonyl (C=O) groups is 1. The van der Waals surface area contributed by atoms with Crippen LogP contribution < -0.4 is 0 Å². The Morgan fingerprint density at radius 3 is 2.47 bits per heavy atom. The Bertz CT molecular complexity index is 298. The summed E-state index contributed by atoms with van der Waals surface area (Å²) in [6.07, 6.45) is 0.972. The van der Waals surface area contributed by atoms with Gasteiger partial charge in [-0.3, -0.25) is 0 Å². The first-order valence-corrected chi connectivity index (χ1v) is 6.51. The topological polar surface area (TPSA) is 32.8 Å². The molecule has 17 heavy (non-hydrogen) atoms. The first kappa shape index (κ1) is 12.7. The van der Waals surface area contributed by atoms with Crippen molar-refractivity contribution in [3.05, 3.63) is 0 Å². The Morgan fingerprint density at radius 2 is 1.82 bits per heavy atom. The van der Waals surface area contributed by atoms with E-state index in [1.165, 1.54) is 6.54 Å². The van der Waals surface area contributed by atoms with Crippen molar-refractivity contribution in [3.8, 4) is 0 Å². The maximum atomic E-state index is 12.0. The van der Waals surface area contributed by atoms with Gasteiger partial charge in [0.05, 0.1) is 0 Å². The highest BCUT2D eigenvalue weighted by Crippen LogP contribution is 2.30. The number of likely N-dealkylation sites (tertiary alicyclic amines) is 2. The molecule has 2 rings (SSSR count). The molecule has 0 bridgehead atoms. The molecule has 4 nitrogen and oxygen atoms in total. The van der Waals surface area contributed by atoms with E-state index < -0.39 is 0 Å². The summed E-state index contributed by atoms with van der Waals surface area (Å²) in [5.41, 5.74) is -0.388. The van der Waals surface area contributed by atoms with Gasteiger partial charge in [-0.05, 0) is 46.1 Å². The summed E-state index contributed by atoms with van der Waals surface area (Å²) in [5.74, 6) is 1.42. The Morgan fingerprint density at radius 1 is 1.18 bits per heavy atom. The average molecular weight is 240 g/mol. The summed E-state index contributed by atoms with van der Waals surface area (Å²) in [6, 6.07) is 0. The second-order valence-corrected chi connectivity index (χ2v) is 6.46. The molecule has 2 heterocycles. The lowest BCUT2D eigenvalue weighted by molar-refractivity contribution is 0.0139. The molecule has 0 unspecified atom stereocenters. The van der Waals surface area contributed by atoms with E-state index in [0.717, 1.165) is 32.0 Å². The Kier molecular flexibility index (Phi) is 3.34. The molecule has 2 saturated heterocycles. The van der Waals surface area contributed by atoms with Gasteiger partial charge in [0.2, 0.25) is 0 Å². The molecule has 0 spiro atoms. The molecule has 0 aromatic heterocycles. The van der Waals surface area contributed by atoms with Crippen molar-refractivity contribution in [2.75, 3.05) is 33.2 Å². The fraction of sp³-hybridized carbons (Fsp3) is 0.923. The third-order valence-electron chi connectivity index (χ3n) is 3.64. The second kappa shape index (κ2) is 4.48. The van der Waals surface area contributed by atoms with Gasteiger partial charge in [0.15, 0.2) is 0 Å². The van der Waals surface area contributed by atoms with Crippen LogP contribution in [0.15, 0.2) is 0 Å². The van der Waals surface area contributed by atoms with E-state index in [-0.39, 0.29) is 11.7 Å². The van der Waals surface area contributed by atoms with Gasteiger partial charge in [-0.1, -0.05) is 0 Å². The van der Waals surface area contributed by atoms with Crippen molar-refractivity contribution in [2.45, 2.75) is 32.8 Å². The number of ether oxygens (including phenoxy) is 1. The Labute approximate surface area is 104 Å². The van der Waals surface area contributed by atoms with Crippen LogP contribution in [0.2, 0.25) is 0 Å². The molecule has 2 fully saturated rings. The molecule has 0 saturated carbocycles. The summed E-state index contributed by atoms with van der Waals surface area (Å²) in [4.78, 5) is 16.2. The Balaban J connectivity index is 1.90. The zero-order valence-corrected chi connectivity index (χ0v) is 11.4. The number of hydrogen-bond donors (Lipinski definition) is 0. The highest BCUT2D eigenvalue weighted by molar-refractivity contribution is 5.68. The summed E-state index contributed by atoms with van der Waals surface area (Å²) >= 11 is 0. The summed E-state index contributed by atoms with van der Waals surface area (Å²) in [6.45, 7) is 9.77. The number of carbonyl (C=O) groups excluding carboxylic acids is 1. The fourth-order valence-corrected chi connectivity index (χ4v) is 2.90. The van der Waals surface area contributed by atoms with E-state index in [2.05, 4.69) is 11.9 Å². The first-order chi connectivity index (χ1) is 7.85. The van der Waals surface area contributed by atoms with Crippen molar-refractivity contribution in [2.24, 2.45) is 11.8 Å². The molecular weight excluding hydrogens is 216 g/mol. The Hall–Kier alpha value is -0.770. The fourth-order valence-electron chi connectivity index (χ4n) is 2.90. The zero-order chi connectivity index (χ0) is 12.6. The van der Waals surface area contributed by atoms with Gasteiger partial charge in [0.25, 0.3) is 0 Å². The molecule has 0 radical (unpaired) electrons. The highest BCUT2D eigenvalue weighted by Gasteiger charge is 2.37. The van der Waals surface area contributed by atoms with E-state index >= 15 is 0 Å². The first-order valence-electron chi connectivity index (χ1n) is 6.51. The molecule has 2 aliphatic rings. The van der Waals surface area contributed by atoms with Gasteiger partial charge >= 0.3 is 6.09 Å². The summed E-state index contributed by atoms with van der Waals surface area (Å²) < 4.78 is 5.43. The van der Waals surface area contributed by atoms with E-state index in [4.69, 9.17) is 4.74 Å². The van der Waals surface area contributed by atoms with E-state index in [1.807, 2.05) is 25.7 Å². The van der Waals surface area contributed by atoms with Gasteiger partial charge in [0, 0.05) is 26.2 Å². The third-order valence-corrected chi connectivity index (χ3v) is 3.64. The summed E-state index contributed by atoms with van der Waals surface area (Å²) in [7, 11) is 2.16. The number of piperidine rings is 1. The zero-order valence-electron chi connectivity index (χ0n) is 11.4. The molecule has 2 aliphatic heterocycles. The number of amides is 1. The SMILES string of the molecule is CN1C[C@@H]2CCN(C(=O)OC(C)(C)C)C[C@@H]2C1. The van der Waals surface area contributed by atoms with Crippen molar-refractivity contribution >= 4 is 6.09 Å². The summed E-state index contributed by atoms with van der Waals surface area (Å²) in [5, 5.41) is 0. The van der Waals surface area contributed by atoms with Crippen LogP contribution in [0.4, 0.5) is 4.79 Å². The van der Waals surface area contributed by atoms with Crippen LogP contribution in [0.5, 0.6) is 0 Å². The van der Waals surface area contributed by atoms with Crippen molar-refractivity contribution < 1.29 is 9.53 Å². The lowest BCUT2D eigenvalue weighted by atomic mass is 9.89. The predicted octanol–water partition coefficient (Wildman–Crippen LogP) is 1.80. The number of fused-ring (bicyclic) bond motifs is 1. The van der Waals surface area contributed by atoms with Crippen LogP contribution in [0.3, 0.4) is 0 Å². The van der Waals surface area contributed by atoms with Crippen LogP contribution in [0, 0.1) is 11.8 Å². The second-order valence-electron chi connectivity index (χ2n) is 6.46. The van der Waals surface area contributed by atoms with Crippen LogP contribution in [-0.2, 0) is 4.74 Å². The largest absolute Gasteiger partial charge is 0.444 e. The molecular formula is C13H24N2O2. The number of hydrogen-bond acceptors (Lipinski definition) is 3. The monoisotopic (exact) mass is 240 g/mol. The molecule has 98 valence electrons.